The Bertz CT molecular complexity index is 557. The van der Waals surface area contributed by atoms with Crippen LogP contribution in [0.5, 0.6) is 0 Å². The van der Waals surface area contributed by atoms with Gasteiger partial charge in [0.15, 0.2) is 0 Å². The molecule has 0 aromatic heterocycles. The van der Waals surface area contributed by atoms with E-state index in [0.29, 0.717) is 0 Å². The molecule has 0 fully saturated rings. The SMILES string of the molecule is Clc1cccc(CC(Cl)c2cc(I)ccc2Br)c1. The van der Waals surface area contributed by atoms with Gasteiger partial charge in [0.25, 0.3) is 0 Å². The first kappa shape index (κ1) is 14.6. The lowest BCUT2D eigenvalue weighted by Gasteiger charge is -2.12. The van der Waals surface area contributed by atoms with Crippen LogP contribution in [-0.2, 0) is 6.42 Å². The van der Waals surface area contributed by atoms with Gasteiger partial charge in [-0.2, -0.15) is 0 Å². The normalized spacial score (nSPS) is 12.4. The van der Waals surface area contributed by atoms with Crippen LogP contribution in [-0.4, -0.2) is 0 Å². The molecule has 2 rings (SSSR count). The van der Waals surface area contributed by atoms with Gasteiger partial charge in [-0.15, -0.1) is 11.6 Å². The molecule has 0 aliphatic heterocycles. The number of hydrogen-bond donors (Lipinski definition) is 0. The standard InChI is InChI=1S/C14H10BrCl2I/c15-13-5-4-11(18)8-12(13)14(17)7-9-2-1-3-10(16)6-9/h1-6,8,14H,7H2. The summed E-state index contributed by atoms with van der Waals surface area (Å²) in [6.45, 7) is 0. The van der Waals surface area contributed by atoms with Crippen LogP contribution in [0.2, 0.25) is 5.02 Å². The third-order valence-corrected chi connectivity index (χ3v) is 4.62. The molecular formula is C14H10BrCl2I. The van der Waals surface area contributed by atoms with Gasteiger partial charge in [-0.3, -0.25) is 0 Å². The topological polar surface area (TPSA) is 0 Å². The lowest BCUT2D eigenvalue weighted by molar-refractivity contribution is 0.913. The van der Waals surface area contributed by atoms with Crippen LogP contribution in [0, 0.1) is 3.57 Å². The van der Waals surface area contributed by atoms with Gasteiger partial charge in [-0.1, -0.05) is 39.7 Å². The van der Waals surface area contributed by atoms with E-state index in [-0.39, 0.29) is 5.38 Å². The maximum absolute atomic E-state index is 6.49. The van der Waals surface area contributed by atoms with Gasteiger partial charge in [0, 0.05) is 13.1 Å². The quantitative estimate of drug-likeness (QED) is 0.380. The minimum absolute atomic E-state index is 0.0624. The van der Waals surface area contributed by atoms with E-state index in [9.17, 15) is 0 Å². The summed E-state index contributed by atoms with van der Waals surface area (Å²) < 4.78 is 2.23. The first-order chi connectivity index (χ1) is 8.56. The molecule has 0 heterocycles. The van der Waals surface area contributed by atoms with Crippen LogP contribution in [0.3, 0.4) is 0 Å². The highest BCUT2D eigenvalue weighted by Crippen LogP contribution is 2.32. The summed E-state index contributed by atoms with van der Waals surface area (Å²) in [4.78, 5) is 0. The lowest BCUT2D eigenvalue weighted by atomic mass is 10.0. The molecule has 0 aliphatic rings. The Balaban J connectivity index is 2.21. The van der Waals surface area contributed by atoms with Gasteiger partial charge in [-0.05, 0) is 70.5 Å². The van der Waals surface area contributed by atoms with Crippen molar-refractivity contribution in [2.45, 2.75) is 11.8 Å². The highest BCUT2D eigenvalue weighted by atomic mass is 127. The molecular weight excluding hydrogens is 446 g/mol. The molecule has 2 aromatic rings. The summed E-state index contributed by atoms with van der Waals surface area (Å²) in [5.74, 6) is 0. The zero-order valence-corrected chi connectivity index (χ0v) is 14.6. The second-order valence-electron chi connectivity index (χ2n) is 3.97. The van der Waals surface area contributed by atoms with Crippen molar-refractivity contribution >= 4 is 61.7 Å². The molecule has 1 atom stereocenters. The van der Waals surface area contributed by atoms with Crippen LogP contribution in [0.4, 0.5) is 0 Å². The van der Waals surface area contributed by atoms with Crippen LogP contribution < -0.4 is 0 Å². The van der Waals surface area contributed by atoms with E-state index in [0.717, 1.165) is 27.0 Å². The van der Waals surface area contributed by atoms with Crippen molar-refractivity contribution in [1.82, 2.24) is 0 Å². The Morgan fingerprint density at radius 2 is 1.94 bits per heavy atom. The van der Waals surface area contributed by atoms with Crippen LogP contribution >= 0.6 is 61.7 Å². The number of benzene rings is 2. The summed E-state index contributed by atoms with van der Waals surface area (Å²) in [7, 11) is 0. The zero-order valence-electron chi connectivity index (χ0n) is 9.34. The van der Waals surface area contributed by atoms with Gasteiger partial charge in [0.2, 0.25) is 0 Å². The molecule has 94 valence electrons. The second kappa shape index (κ2) is 6.60. The average Bonchev–Trinajstić information content (AvgIpc) is 2.32. The minimum Gasteiger partial charge on any atom is -0.117 e. The predicted molar refractivity (Wildman–Crippen MR) is 90.6 cm³/mol. The first-order valence-electron chi connectivity index (χ1n) is 5.40. The van der Waals surface area contributed by atoms with E-state index in [1.54, 1.807) is 0 Å². The number of alkyl halides is 1. The van der Waals surface area contributed by atoms with E-state index in [2.05, 4.69) is 50.7 Å². The highest BCUT2D eigenvalue weighted by molar-refractivity contribution is 14.1. The fraction of sp³-hybridized carbons (Fsp3) is 0.143. The monoisotopic (exact) mass is 454 g/mol. The maximum Gasteiger partial charge on any atom is 0.0636 e. The molecule has 1 unspecified atom stereocenters. The number of halogens is 4. The fourth-order valence-electron chi connectivity index (χ4n) is 1.74. The van der Waals surface area contributed by atoms with Crippen molar-refractivity contribution in [2.24, 2.45) is 0 Å². The van der Waals surface area contributed by atoms with E-state index < -0.39 is 0 Å². The molecule has 2 aromatic carbocycles. The van der Waals surface area contributed by atoms with Crippen molar-refractivity contribution in [1.29, 1.82) is 0 Å². The molecule has 0 aliphatic carbocycles. The Morgan fingerprint density at radius 3 is 2.67 bits per heavy atom. The fourth-order valence-corrected chi connectivity index (χ4v) is 3.48. The average molecular weight is 456 g/mol. The third kappa shape index (κ3) is 3.86. The van der Waals surface area contributed by atoms with E-state index >= 15 is 0 Å². The van der Waals surface area contributed by atoms with E-state index in [1.165, 1.54) is 3.57 Å². The largest absolute Gasteiger partial charge is 0.117 e. The van der Waals surface area contributed by atoms with Gasteiger partial charge in [0.1, 0.15) is 0 Å². The van der Waals surface area contributed by atoms with Crippen molar-refractivity contribution in [3.63, 3.8) is 0 Å². The highest BCUT2D eigenvalue weighted by Gasteiger charge is 2.13. The van der Waals surface area contributed by atoms with Crippen molar-refractivity contribution in [3.8, 4) is 0 Å². The minimum atomic E-state index is -0.0624. The molecule has 0 saturated heterocycles. The molecule has 4 heteroatoms. The second-order valence-corrected chi connectivity index (χ2v) is 7.03. The smallest absolute Gasteiger partial charge is 0.0636 e. The van der Waals surface area contributed by atoms with E-state index in [1.807, 2.05) is 30.3 Å². The lowest BCUT2D eigenvalue weighted by Crippen LogP contribution is -1.97. The van der Waals surface area contributed by atoms with Gasteiger partial charge < -0.3 is 0 Å². The molecule has 0 radical (unpaired) electrons. The summed E-state index contributed by atoms with van der Waals surface area (Å²) in [5.41, 5.74) is 2.26. The Kier molecular flexibility index (Phi) is 5.36. The number of rotatable bonds is 3. The molecule has 0 amide bonds. The molecule has 0 bridgehead atoms. The maximum atomic E-state index is 6.49. The van der Waals surface area contributed by atoms with Gasteiger partial charge >= 0.3 is 0 Å². The Hall–Kier alpha value is 0.230. The summed E-state index contributed by atoms with van der Waals surface area (Å²) in [6.07, 6.45) is 0.765. The van der Waals surface area contributed by atoms with E-state index in [4.69, 9.17) is 23.2 Å². The van der Waals surface area contributed by atoms with Crippen molar-refractivity contribution in [3.05, 3.63) is 66.7 Å². The van der Waals surface area contributed by atoms with Crippen LogP contribution in [0.15, 0.2) is 46.9 Å². The third-order valence-electron chi connectivity index (χ3n) is 2.60. The molecule has 0 N–H and O–H groups in total. The number of hydrogen-bond acceptors (Lipinski definition) is 0. The first-order valence-corrected chi connectivity index (χ1v) is 8.08. The van der Waals surface area contributed by atoms with Gasteiger partial charge in [-0.25, -0.2) is 0 Å². The summed E-state index contributed by atoms with van der Waals surface area (Å²) >= 11 is 18.3. The van der Waals surface area contributed by atoms with Crippen molar-refractivity contribution < 1.29 is 0 Å². The predicted octanol–water partition coefficient (Wildman–Crippen LogP) is 6.23. The Labute approximate surface area is 139 Å². The molecule has 0 saturated carbocycles. The molecule has 0 spiro atoms. The molecule has 18 heavy (non-hydrogen) atoms. The van der Waals surface area contributed by atoms with Crippen LogP contribution in [0.25, 0.3) is 0 Å². The van der Waals surface area contributed by atoms with Crippen molar-refractivity contribution in [2.75, 3.05) is 0 Å². The van der Waals surface area contributed by atoms with Crippen LogP contribution in [0.1, 0.15) is 16.5 Å². The van der Waals surface area contributed by atoms with Gasteiger partial charge in [0.05, 0.1) is 5.38 Å². The zero-order chi connectivity index (χ0) is 13.1. The Morgan fingerprint density at radius 1 is 1.17 bits per heavy atom. The summed E-state index contributed by atoms with van der Waals surface area (Å²) in [5, 5.41) is 0.686. The molecule has 0 nitrogen and oxygen atoms in total. The summed E-state index contributed by atoms with van der Waals surface area (Å²) in [6, 6.07) is 14.0.